The van der Waals surface area contributed by atoms with Crippen molar-refractivity contribution in [2.24, 2.45) is 0 Å². The fraction of sp³-hybridized carbons (Fsp3) is 0.200. The summed E-state index contributed by atoms with van der Waals surface area (Å²) in [6, 6.07) is 21.2. The van der Waals surface area contributed by atoms with E-state index >= 15 is 0 Å². The SMILES string of the molecule is CSc1ccccc1C(NS(=O)(=O)c1ccc2c(c1)OCCCO2)c1cc2ccccc2o1. The molecule has 170 valence electrons. The number of fused-ring (bicyclic) bond motifs is 2. The van der Waals surface area contributed by atoms with Crippen LogP contribution >= 0.6 is 11.8 Å². The number of thioether (sulfide) groups is 1. The molecule has 1 unspecified atom stereocenters. The van der Waals surface area contributed by atoms with Crippen LogP contribution in [0.4, 0.5) is 0 Å². The molecule has 6 nitrogen and oxygen atoms in total. The van der Waals surface area contributed by atoms with Gasteiger partial charge in [-0.2, -0.15) is 4.72 Å². The summed E-state index contributed by atoms with van der Waals surface area (Å²) in [6.45, 7) is 1.02. The standard InChI is InChI=1S/C25H23NO5S2/c1-32-24-10-5-3-8-19(24)25(23-15-17-7-2-4-9-20(17)31-23)26-33(27,28)18-11-12-21-22(16-18)30-14-6-13-29-21/h2-5,7-12,15-16,25-26H,6,13-14H2,1H3. The first-order valence-electron chi connectivity index (χ1n) is 10.6. The summed E-state index contributed by atoms with van der Waals surface area (Å²) in [5, 5.41) is 0.911. The highest BCUT2D eigenvalue weighted by Gasteiger charge is 2.28. The molecule has 3 aromatic carbocycles. The van der Waals surface area contributed by atoms with Crippen molar-refractivity contribution in [2.75, 3.05) is 19.5 Å². The summed E-state index contributed by atoms with van der Waals surface area (Å²) in [7, 11) is -3.92. The second-order valence-electron chi connectivity index (χ2n) is 7.64. The van der Waals surface area contributed by atoms with E-state index in [1.54, 1.807) is 17.8 Å². The molecule has 1 aliphatic heterocycles. The highest BCUT2D eigenvalue weighted by Crippen LogP contribution is 2.36. The summed E-state index contributed by atoms with van der Waals surface area (Å²) in [5.74, 6) is 1.50. The zero-order valence-electron chi connectivity index (χ0n) is 18.0. The Labute approximate surface area is 197 Å². The van der Waals surface area contributed by atoms with E-state index in [1.165, 1.54) is 12.1 Å². The van der Waals surface area contributed by atoms with Crippen LogP contribution in [0.1, 0.15) is 23.8 Å². The van der Waals surface area contributed by atoms with E-state index in [0.717, 1.165) is 22.3 Å². The lowest BCUT2D eigenvalue weighted by Crippen LogP contribution is -2.29. The molecule has 0 radical (unpaired) electrons. The predicted molar refractivity (Wildman–Crippen MR) is 129 cm³/mol. The van der Waals surface area contributed by atoms with Crippen molar-refractivity contribution in [3.63, 3.8) is 0 Å². The minimum atomic E-state index is -3.92. The van der Waals surface area contributed by atoms with E-state index in [2.05, 4.69) is 4.72 Å². The second-order valence-corrected chi connectivity index (χ2v) is 10.2. The van der Waals surface area contributed by atoms with Gasteiger partial charge in [0.1, 0.15) is 17.4 Å². The zero-order valence-corrected chi connectivity index (χ0v) is 19.6. The first kappa shape index (κ1) is 21.9. The van der Waals surface area contributed by atoms with Crippen LogP contribution in [0.25, 0.3) is 11.0 Å². The fourth-order valence-electron chi connectivity index (χ4n) is 3.86. The molecule has 1 atom stereocenters. The molecule has 0 aliphatic carbocycles. The van der Waals surface area contributed by atoms with Crippen molar-refractivity contribution in [1.29, 1.82) is 0 Å². The molecule has 0 saturated heterocycles. The Morgan fingerprint density at radius 2 is 1.67 bits per heavy atom. The molecule has 8 heteroatoms. The van der Waals surface area contributed by atoms with Gasteiger partial charge < -0.3 is 13.9 Å². The molecule has 0 fully saturated rings. The predicted octanol–water partition coefficient (Wildman–Crippen LogP) is 5.38. The summed E-state index contributed by atoms with van der Waals surface area (Å²) >= 11 is 1.56. The third-order valence-electron chi connectivity index (χ3n) is 5.48. The number of para-hydroxylation sites is 1. The molecule has 0 amide bonds. The van der Waals surface area contributed by atoms with Crippen LogP contribution in [0.3, 0.4) is 0 Å². The molecule has 5 rings (SSSR count). The Kier molecular flexibility index (Phi) is 6.05. The van der Waals surface area contributed by atoms with E-state index in [4.69, 9.17) is 13.9 Å². The van der Waals surface area contributed by atoms with E-state index < -0.39 is 16.1 Å². The molecule has 33 heavy (non-hydrogen) atoms. The number of nitrogens with one attached hydrogen (secondary N) is 1. The van der Waals surface area contributed by atoms with Gasteiger partial charge in [0.2, 0.25) is 10.0 Å². The molecule has 1 aromatic heterocycles. The molecule has 4 aromatic rings. The maximum Gasteiger partial charge on any atom is 0.241 e. The summed E-state index contributed by atoms with van der Waals surface area (Å²) in [5.41, 5.74) is 1.52. The Hall–Kier alpha value is -2.94. The van der Waals surface area contributed by atoms with Crippen LogP contribution < -0.4 is 14.2 Å². The first-order valence-corrected chi connectivity index (χ1v) is 13.3. The van der Waals surface area contributed by atoms with Gasteiger partial charge in [0, 0.05) is 22.8 Å². The topological polar surface area (TPSA) is 77.8 Å². The van der Waals surface area contributed by atoms with E-state index in [1.807, 2.05) is 60.9 Å². The number of sulfonamides is 1. The fourth-order valence-corrected chi connectivity index (χ4v) is 5.69. The van der Waals surface area contributed by atoms with E-state index in [0.29, 0.717) is 36.1 Å². The lowest BCUT2D eigenvalue weighted by atomic mass is 10.1. The van der Waals surface area contributed by atoms with Crippen LogP contribution in [0.15, 0.2) is 87.0 Å². The Bertz CT molecular complexity index is 1360. The van der Waals surface area contributed by atoms with Crippen molar-refractivity contribution < 1.29 is 22.3 Å². The third-order valence-corrected chi connectivity index (χ3v) is 7.71. The van der Waals surface area contributed by atoms with Crippen molar-refractivity contribution in [2.45, 2.75) is 22.3 Å². The number of rotatable bonds is 6. The minimum absolute atomic E-state index is 0.106. The van der Waals surface area contributed by atoms with Crippen molar-refractivity contribution >= 4 is 32.8 Å². The maximum atomic E-state index is 13.5. The van der Waals surface area contributed by atoms with Crippen LogP contribution in [0.2, 0.25) is 0 Å². The Morgan fingerprint density at radius 3 is 2.48 bits per heavy atom. The van der Waals surface area contributed by atoms with Gasteiger partial charge in [0.15, 0.2) is 11.5 Å². The number of furan rings is 1. The average molecular weight is 482 g/mol. The molecule has 1 N–H and O–H groups in total. The normalized spacial score (nSPS) is 14.7. The molecule has 0 bridgehead atoms. The van der Waals surface area contributed by atoms with Crippen LogP contribution in [0.5, 0.6) is 11.5 Å². The zero-order chi connectivity index (χ0) is 22.8. The summed E-state index contributed by atoms with van der Waals surface area (Å²) in [6.07, 6.45) is 2.71. The van der Waals surface area contributed by atoms with Crippen molar-refractivity contribution in [3.05, 3.63) is 84.1 Å². The van der Waals surface area contributed by atoms with Gasteiger partial charge in [0.05, 0.1) is 18.1 Å². The summed E-state index contributed by atoms with van der Waals surface area (Å²) in [4.78, 5) is 1.07. The van der Waals surface area contributed by atoms with Crippen molar-refractivity contribution in [1.82, 2.24) is 4.72 Å². The molecular formula is C25H23NO5S2. The minimum Gasteiger partial charge on any atom is -0.490 e. The Morgan fingerprint density at radius 1 is 0.909 bits per heavy atom. The molecular weight excluding hydrogens is 458 g/mol. The maximum absolute atomic E-state index is 13.5. The quantitative estimate of drug-likeness (QED) is 0.373. The molecule has 2 heterocycles. The van der Waals surface area contributed by atoms with Gasteiger partial charge in [-0.25, -0.2) is 8.42 Å². The number of hydrogen-bond donors (Lipinski definition) is 1. The van der Waals surface area contributed by atoms with Gasteiger partial charge in [-0.3, -0.25) is 0 Å². The first-order chi connectivity index (χ1) is 16.0. The van der Waals surface area contributed by atoms with E-state index in [9.17, 15) is 8.42 Å². The summed E-state index contributed by atoms with van der Waals surface area (Å²) < 4.78 is 47.3. The molecule has 1 aliphatic rings. The van der Waals surface area contributed by atoms with Gasteiger partial charge in [-0.05, 0) is 42.2 Å². The number of hydrogen-bond acceptors (Lipinski definition) is 6. The van der Waals surface area contributed by atoms with Crippen LogP contribution in [0, 0.1) is 0 Å². The van der Waals surface area contributed by atoms with Gasteiger partial charge >= 0.3 is 0 Å². The lowest BCUT2D eigenvalue weighted by Gasteiger charge is -2.20. The van der Waals surface area contributed by atoms with Gasteiger partial charge in [0.25, 0.3) is 0 Å². The molecule has 0 spiro atoms. The smallest absolute Gasteiger partial charge is 0.241 e. The van der Waals surface area contributed by atoms with Crippen molar-refractivity contribution in [3.8, 4) is 11.5 Å². The lowest BCUT2D eigenvalue weighted by molar-refractivity contribution is 0.297. The monoisotopic (exact) mass is 481 g/mol. The number of benzene rings is 3. The van der Waals surface area contributed by atoms with Gasteiger partial charge in [-0.15, -0.1) is 11.8 Å². The highest BCUT2D eigenvalue weighted by atomic mass is 32.2. The number of ether oxygens (including phenoxy) is 2. The largest absolute Gasteiger partial charge is 0.490 e. The van der Waals surface area contributed by atoms with Crippen LogP contribution in [-0.4, -0.2) is 27.9 Å². The van der Waals surface area contributed by atoms with Crippen LogP contribution in [-0.2, 0) is 10.0 Å². The second kappa shape index (κ2) is 9.13. The average Bonchev–Trinajstić information content (AvgIpc) is 3.12. The van der Waals surface area contributed by atoms with E-state index in [-0.39, 0.29) is 4.90 Å². The highest BCUT2D eigenvalue weighted by molar-refractivity contribution is 7.98. The van der Waals surface area contributed by atoms with Gasteiger partial charge in [-0.1, -0.05) is 36.4 Å². The molecule has 0 saturated carbocycles. The third kappa shape index (κ3) is 4.46. The Balaban J connectivity index is 1.57.